The summed E-state index contributed by atoms with van der Waals surface area (Å²) in [5.74, 6) is -1.17. The van der Waals surface area contributed by atoms with Crippen molar-refractivity contribution in [3.8, 4) is 0 Å². The van der Waals surface area contributed by atoms with E-state index in [0.29, 0.717) is 23.8 Å². The number of hydrogen-bond acceptors (Lipinski definition) is 5. The molecule has 35 heavy (non-hydrogen) atoms. The molecule has 1 aromatic carbocycles. The summed E-state index contributed by atoms with van der Waals surface area (Å²) in [4.78, 5) is 42.8. The molecule has 192 valence electrons. The molecule has 0 saturated carbocycles. The van der Waals surface area contributed by atoms with E-state index in [1.165, 1.54) is 0 Å². The molecule has 3 aliphatic rings. The van der Waals surface area contributed by atoms with E-state index in [-0.39, 0.29) is 35.5 Å². The highest BCUT2D eigenvalue weighted by Gasteiger charge is 2.75. The van der Waals surface area contributed by atoms with Crippen LogP contribution in [0.15, 0.2) is 24.3 Å². The molecule has 3 unspecified atom stereocenters. The Morgan fingerprint density at radius 1 is 1.20 bits per heavy atom. The third kappa shape index (κ3) is 4.69. The van der Waals surface area contributed by atoms with Gasteiger partial charge in [-0.25, -0.2) is 0 Å². The van der Waals surface area contributed by atoms with Crippen LogP contribution in [0.5, 0.6) is 0 Å². The number of aliphatic hydroxyl groups excluding tert-OH is 1. The third-order valence-corrected chi connectivity index (χ3v) is 10.2. The summed E-state index contributed by atoms with van der Waals surface area (Å²) in [5, 5.41) is 15.6. The Kier molecular flexibility index (Phi) is 8.34. The molecule has 7 nitrogen and oxygen atoms in total. The average Bonchev–Trinajstić information content (AvgIpc) is 3.42. The standard InChI is InChI=1S/C26H36ClN3O4S/c1-3-12-28-23(32)20-19-15-16(2)26(35-19)21(20)25(34)30(13-8-4-5-9-14-31)22(26)24(33)29-18-11-7-6-10-17(18)27/h6-7,10-11,16,19-22,31H,3-5,8-9,12-15H2,1-2H3,(H,28,32)(H,29,33)/t16?,19-,20+,21-,22?,26?/m0/s1. The van der Waals surface area contributed by atoms with Gasteiger partial charge in [0.2, 0.25) is 17.7 Å². The summed E-state index contributed by atoms with van der Waals surface area (Å²) in [7, 11) is 0. The lowest BCUT2D eigenvalue weighted by Gasteiger charge is -2.38. The topological polar surface area (TPSA) is 98.7 Å². The maximum Gasteiger partial charge on any atom is 0.248 e. The SMILES string of the molecule is CCCNC(=O)[C@@H]1[C@@H]2CC(C)C3(S2)C(C(=O)Nc2ccccc2Cl)N(CCCCCCO)C(=O)[C@H]13. The first-order chi connectivity index (χ1) is 16.9. The van der Waals surface area contributed by atoms with Gasteiger partial charge in [-0.15, -0.1) is 11.8 Å². The molecule has 1 aromatic rings. The van der Waals surface area contributed by atoms with Crippen LogP contribution in [-0.4, -0.2) is 63.5 Å². The van der Waals surface area contributed by atoms with E-state index in [2.05, 4.69) is 17.6 Å². The number of fused-ring (bicyclic) bond motifs is 1. The summed E-state index contributed by atoms with van der Waals surface area (Å²) >= 11 is 8.01. The molecule has 9 heteroatoms. The van der Waals surface area contributed by atoms with Crippen LogP contribution in [0.3, 0.4) is 0 Å². The minimum Gasteiger partial charge on any atom is -0.396 e. The van der Waals surface area contributed by atoms with E-state index in [9.17, 15) is 14.4 Å². The molecule has 0 radical (unpaired) electrons. The number of carbonyl (C=O) groups excluding carboxylic acids is 3. The number of benzene rings is 1. The maximum atomic E-state index is 13.9. The summed E-state index contributed by atoms with van der Waals surface area (Å²) in [6.07, 6.45) is 4.87. The molecule has 3 aliphatic heterocycles. The fourth-order valence-corrected chi connectivity index (χ4v) is 8.84. The summed E-state index contributed by atoms with van der Waals surface area (Å²) in [6, 6.07) is 6.44. The van der Waals surface area contributed by atoms with Crippen LogP contribution in [-0.2, 0) is 14.4 Å². The first-order valence-corrected chi connectivity index (χ1v) is 14.0. The van der Waals surface area contributed by atoms with Gasteiger partial charge < -0.3 is 20.6 Å². The smallest absolute Gasteiger partial charge is 0.248 e. The van der Waals surface area contributed by atoms with Crippen molar-refractivity contribution in [2.75, 3.05) is 25.0 Å². The lowest BCUT2D eigenvalue weighted by atomic mass is 9.66. The molecular weight excluding hydrogens is 486 g/mol. The molecule has 3 N–H and O–H groups in total. The van der Waals surface area contributed by atoms with Crippen LogP contribution >= 0.6 is 23.4 Å². The van der Waals surface area contributed by atoms with Crippen molar-refractivity contribution >= 4 is 46.8 Å². The van der Waals surface area contributed by atoms with Gasteiger partial charge in [-0.3, -0.25) is 14.4 Å². The fraction of sp³-hybridized carbons (Fsp3) is 0.654. The minimum atomic E-state index is -0.664. The predicted molar refractivity (Wildman–Crippen MR) is 139 cm³/mol. The average molecular weight is 522 g/mol. The number of anilines is 1. The van der Waals surface area contributed by atoms with Crippen molar-refractivity contribution in [1.82, 2.24) is 10.2 Å². The van der Waals surface area contributed by atoms with E-state index in [1.54, 1.807) is 34.9 Å². The zero-order valence-electron chi connectivity index (χ0n) is 20.5. The number of amides is 3. The second-order valence-electron chi connectivity index (χ2n) is 9.98. The van der Waals surface area contributed by atoms with Crippen LogP contribution in [0, 0.1) is 17.8 Å². The molecule has 0 aliphatic carbocycles. The molecule has 3 fully saturated rings. The van der Waals surface area contributed by atoms with Crippen molar-refractivity contribution in [2.24, 2.45) is 17.8 Å². The molecular formula is C26H36ClN3O4S. The number of aliphatic hydroxyl groups is 1. The third-order valence-electron chi connectivity index (χ3n) is 7.78. The summed E-state index contributed by atoms with van der Waals surface area (Å²) in [6.45, 7) is 5.33. The number of nitrogens with one attached hydrogen (secondary N) is 2. The van der Waals surface area contributed by atoms with Gasteiger partial charge in [0.1, 0.15) is 6.04 Å². The van der Waals surface area contributed by atoms with Gasteiger partial charge in [0.05, 0.1) is 27.3 Å². The first kappa shape index (κ1) is 26.3. The molecule has 2 bridgehead atoms. The van der Waals surface area contributed by atoms with Crippen LogP contribution in [0.25, 0.3) is 0 Å². The van der Waals surface area contributed by atoms with Crippen LogP contribution in [0.4, 0.5) is 5.69 Å². The van der Waals surface area contributed by atoms with Crippen LogP contribution in [0.2, 0.25) is 5.02 Å². The Hall–Kier alpha value is -1.77. The van der Waals surface area contributed by atoms with Gasteiger partial charge >= 0.3 is 0 Å². The Morgan fingerprint density at radius 2 is 1.94 bits per heavy atom. The van der Waals surface area contributed by atoms with E-state index in [4.69, 9.17) is 16.7 Å². The number of halogens is 1. The lowest BCUT2D eigenvalue weighted by Crippen LogP contribution is -2.55. The Morgan fingerprint density at radius 3 is 2.66 bits per heavy atom. The molecule has 3 amide bonds. The van der Waals surface area contributed by atoms with E-state index < -0.39 is 22.6 Å². The molecule has 4 rings (SSSR count). The quantitative estimate of drug-likeness (QED) is 0.386. The van der Waals surface area contributed by atoms with Gasteiger partial charge in [0, 0.05) is 24.9 Å². The number of rotatable bonds is 11. The van der Waals surface area contributed by atoms with Gasteiger partial charge in [0.15, 0.2) is 0 Å². The number of thioether (sulfide) groups is 1. The largest absolute Gasteiger partial charge is 0.396 e. The van der Waals surface area contributed by atoms with Gasteiger partial charge in [-0.1, -0.05) is 50.4 Å². The van der Waals surface area contributed by atoms with Crippen molar-refractivity contribution in [1.29, 1.82) is 0 Å². The van der Waals surface area contributed by atoms with Crippen molar-refractivity contribution in [3.05, 3.63) is 29.3 Å². The molecule has 0 aromatic heterocycles. The number of para-hydroxylation sites is 1. The highest BCUT2D eigenvalue weighted by Crippen LogP contribution is 2.68. The van der Waals surface area contributed by atoms with Crippen molar-refractivity contribution in [2.45, 2.75) is 68.4 Å². The van der Waals surface area contributed by atoms with Crippen LogP contribution < -0.4 is 10.6 Å². The van der Waals surface area contributed by atoms with Gasteiger partial charge in [-0.2, -0.15) is 0 Å². The second kappa shape index (κ2) is 11.1. The number of hydrogen-bond donors (Lipinski definition) is 3. The Bertz CT molecular complexity index is 962. The summed E-state index contributed by atoms with van der Waals surface area (Å²) in [5.41, 5.74) is 0.525. The normalized spacial score (nSPS) is 31.0. The lowest BCUT2D eigenvalue weighted by molar-refractivity contribution is -0.139. The fourth-order valence-electron chi connectivity index (χ4n) is 6.24. The second-order valence-corrected chi connectivity index (χ2v) is 11.9. The zero-order chi connectivity index (χ0) is 25.2. The monoisotopic (exact) mass is 521 g/mol. The van der Waals surface area contributed by atoms with Crippen molar-refractivity contribution in [3.63, 3.8) is 0 Å². The number of carbonyl (C=O) groups is 3. The van der Waals surface area contributed by atoms with Gasteiger partial charge in [-0.05, 0) is 43.7 Å². The van der Waals surface area contributed by atoms with Gasteiger partial charge in [0.25, 0.3) is 0 Å². The maximum absolute atomic E-state index is 13.9. The van der Waals surface area contributed by atoms with Crippen molar-refractivity contribution < 1.29 is 19.5 Å². The predicted octanol–water partition coefficient (Wildman–Crippen LogP) is 3.69. The number of likely N-dealkylation sites (tertiary alicyclic amines) is 1. The zero-order valence-corrected chi connectivity index (χ0v) is 22.0. The first-order valence-electron chi connectivity index (χ1n) is 12.8. The van der Waals surface area contributed by atoms with E-state index in [0.717, 1.165) is 38.5 Å². The number of unbranched alkanes of at least 4 members (excludes halogenated alkanes) is 3. The van der Waals surface area contributed by atoms with Crippen LogP contribution in [0.1, 0.15) is 52.4 Å². The minimum absolute atomic E-state index is 0.0399. The highest BCUT2D eigenvalue weighted by molar-refractivity contribution is 8.02. The molecule has 1 spiro atoms. The Balaban J connectivity index is 1.65. The molecule has 3 saturated heterocycles. The van der Waals surface area contributed by atoms with E-state index in [1.807, 2.05) is 13.0 Å². The Labute approximate surface area is 216 Å². The summed E-state index contributed by atoms with van der Waals surface area (Å²) < 4.78 is -0.633. The highest BCUT2D eigenvalue weighted by atomic mass is 35.5. The molecule has 6 atom stereocenters. The molecule has 3 heterocycles. The van der Waals surface area contributed by atoms with E-state index >= 15 is 0 Å². The number of nitrogens with zero attached hydrogens (tertiary/aromatic N) is 1.